The molecule has 0 unspecified atom stereocenters. The molecule has 0 spiro atoms. The highest BCUT2D eigenvalue weighted by molar-refractivity contribution is 5.99. The zero-order chi connectivity index (χ0) is 15.1. The summed E-state index contributed by atoms with van der Waals surface area (Å²) in [4.78, 5) is 11.9. The van der Waals surface area contributed by atoms with Gasteiger partial charge in [0.25, 0.3) is 5.91 Å². The molecule has 0 aromatic heterocycles. The van der Waals surface area contributed by atoms with Gasteiger partial charge in [-0.1, -0.05) is 54.1 Å². The summed E-state index contributed by atoms with van der Waals surface area (Å²) >= 11 is 0. The lowest BCUT2D eigenvalue weighted by atomic mass is 10.1. The summed E-state index contributed by atoms with van der Waals surface area (Å²) in [5.74, 6) is -0.206. The molecule has 2 aromatic rings. The maximum absolute atomic E-state index is 11.9. The van der Waals surface area contributed by atoms with E-state index in [0.29, 0.717) is 5.56 Å². The zero-order valence-corrected chi connectivity index (χ0v) is 12.2. The van der Waals surface area contributed by atoms with Crippen molar-refractivity contribution < 1.29 is 4.79 Å². The van der Waals surface area contributed by atoms with Gasteiger partial charge in [0.15, 0.2) is 0 Å². The normalized spacial score (nSPS) is 11.6. The highest BCUT2D eigenvalue weighted by atomic mass is 16.2. The van der Waals surface area contributed by atoms with Crippen molar-refractivity contribution >= 4 is 17.7 Å². The minimum absolute atomic E-state index is 0.206. The summed E-state index contributed by atoms with van der Waals surface area (Å²) in [6.07, 6.45) is 3.82. The van der Waals surface area contributed by atoms with Crippen LogP contribution in [0.5, 0.6) is 0 Å². The number of benzene rings is 2. The molecule has 0 aliphatic heterocycles. The van der Waals surface area contributed by atoms with Crippen molar-refractivity contribution in [3.8, 4) is 0 Å². The Morgan fingerprint density at radius 1 is 1.05 bits per heavy atom. The number of amides is 1. The van der Waals surface area contributed by atoms with Crippen LogP contribution in [0.25, 0.3) is 6.08 Å². The predicted octanol–water partition coefficient (Wildman–Crippen LogP) is 3.81. The Morgan fingerprint density at radius 3 is 2.38 bits per heavy atom. The minimum atomic E-state index is -0.206. The lowest BCUT2D eigenvalue weighted by Crippen LogP contribution is -2.18. The van der Waals surface area contributed by atoms with Crippen molar-refractivity contribution in [2.45, 2.75) is 13.8 Å². The van der Waals surface area contributed by atoms with Gasteiger partial charge < -0.3 is 0 Å². The number of carbonyl (C=O) groups is 1. The number of allylic oxidation sites excluding steroid dienone is 1. The van der Waals surface area contributed by atoms with E-state index in [1.165, 1.54) is 0 Å². The molecule has 0 fully saturated rings. The molecule has 0 saturated heterocycles. The van der Waals surface area contributed by atoms with Crippen LogP contribution in [0, 0.1) is 6.92 Å². The minimum Gasteiger partial charge on any atom is -0.267 e. The van der Waals surface area contributed by atoms with Crippen LogP contribution in [-0.2, 0) is 0 Å². The van der Waals surface area contributed by atoms with Crippen molar-refractivity contribution in [1.82, 2.24) is 5.43 Å². The smallest absolute Gasteiger partial charge is 0.267 e. The number of rotatable bonds is 4. The average Bonchev–Trinajstić information content (AvgIpc) is 2.52. The summed E-state index contributed by atoms with van der Waals surface area (Å²) in [7, 11) is 0. The van der Waals surface area contributed by atoms with Crippen molar-refractivity contribution in [1.29, 1.82) is 0 Å². The van der Waals surface area contributed by atoms with E-state index in [1.807, 2.05) is 68.5 Å². The molecule has 3 nitrogen and oxygen atoms in total. The van der Waals surface area contributed by atoms with Crippen LogP contribution in [0.1, 0.15) is 28.4 Å². The second kappa shape index (κ2) is 7.20. The van der Waals surface area contributed by atoms with Crippen LogP contribution in [0.4, 0.5) is 0 Å². The summed E-state index contributed by atoms with van der Waals surface area (Å²) in [5, 5.41) is 4.07. The van der Waals surface area contributed by atoms with E-state index in [-0.39, 0.29) is 5.91 Å². The SMILES string of the molecule is CC(/C=C/c1ccccc1)=N/NC(=O)c1ccc(C)cc1. The van der Waals surface area contributed by atoms with Crippen molar-refractivity contribution in [3.63, 3.8) is 0 Å². The van der Waals surface area contributed by atoms with Crippen LogP contribution in [0.15, 0.2) is 65.8 Å². The number of nitrogens with one attached hydrogen (secondary N) is 1. The Bertz CT molecular complexity index is 655. The van der Waals surface area contributed by atoms with E-state index >= 15 is 0 Å². The fourth-order valence-corrected chi connectivity index (χ4v) is 1.73. The molecule has 0 heterocycles. The van der Waals surface area contributed by atoms with Crippen LogP contribution in [0.3, 0.4) is 0 Å². The third-order valence-corrected chi connectivity index (χ3v) is 2.96. The van der Waals surface area contributed by atoms with Gasteiger partial charge in [-0.2, -0.15) is 5.10 Å². The molecule has 0 aliphatic rings. The van der Waals surface area contributed by atoms with Gasteiger partial charge in [0.2, 0.25) is 0 Å². The first-order chi connectivity index (χ1) is 10.1. The average molecular weight is 278 g/mol. The van der Waals surface area contributed by atoms with E-state index in [0.717, 1.165) is 16.8 Å². The van der Waals surface area contributed by atoms with Crippen molar-refractivity contribution in [2.75, 3.05) is 0 Å². The number of hydrogen-bond donors (Lipinski definition) is 1. The fourth-order valence-electron chi connectivity index (χ4n) is 1.73. The van der Waals surface area contributed by atoms with E-state index < -0.39 is 0 Å². The Balaban J connectivity index is 1.95. The van der Waals surface area contributed by atoms with Crippen molar-refractivity contribution in [2.24, 2.45) is 5.10 Å². The van der Waals surface area contributed by atoms with Gasteiger partial charge >= 0.3 is 0 Å². The van der Waals surface area contributed by atoms with Gasteiger partial charge in [0, 0.05) is 5.56 Å². The maximum Gasteiger partial charge on any atom is 0.271 e. The summed E-state index contributed by atoms with van der Waals surface area (Å²) in [6, 6.07) is 17.3. The van der Waals surface area contributed by atoms with Gasteiger partial charge in [-0.3, -0.25) is 4.79 Å². The standard InChI is InChI=1S/C18H18N2O/c1-14-8-12-17(13-9-14)18(21)20-19-15(2)10-11-16-6-4-3-5-7-16/h3-13H,1-2H3,(H,20,21)/b11-10+,19-15-. The van der Waals surface area contributed by atoms with Crippen LogP contribution in [0.2, 0.25) is 0 Å². The van der Waals surface area contributed by atoms with Crippen LogP contribution < -0.4 is 5.43 Å². The quantitative estimate of drug-likeness (QED) is 0.670. The molecule has 1 amide bonds. The number of hydrazone groups is 1. The number of aryl methyl sites for hydroxylation is 1. The monoisotopic (exact) mass is 278 g/mol. The summed E-state index contributed by atoms with van der Waals surface area (Å²) < 4.78 is 0. The van der Waals surface area contributed by atoms with Crippen molar-refractivity contribution in [3.05, 3.63) is 77.4 Å². The van der Waals surface area contributed by atoms with Gasteiger partial charge in [-0.25, -0.2) is 5.43 Å². The molecule has 0 atom stereocenters. The molecular formula is C18H18N2O. The number of hydrogen-bond acceptors (Lipinski definition) is 2. The van der Waals surface area contributed by atoms with Gasteiger partial charge in [0.05, 0.1) is 5.71 Å². The van der Waals surface area contributed by atoms with Gasteiger partial charge in [-0.05, 0) is 37.6 Å². The maximum atomic E-state index is 11.9. The first-order valence-electron chi connectivity index (χ1n) is 6.79. The molecule has 3 heteroatoms. The first-order valence-corrected chi connectivity index (χ1v) is 6.79. The molecule has 0 radical (unpaired) electrons. The predicted molar refractivity (Wildman–Crippen MR) is 87.2 cm³/mol. The molecule has 2 aromatic carbocycles. The molecule has 0 saturated carbocycles. The molecule has 0 bridgehead atoms. The molecular weight excluding hydrogens is 260 g/mol. The Labute approximate surface area is 125 Å². The Morgan fingerprint density at radius 2 is 1.71 bits per heavy atom. The highest BCUT2D eigenvalue weighted by Crippen LogP contribution is 2.03. The van der Waals surface area contributed by atoms with E-state index in [9.17, 15) is 4.79 Å². The second-order valence-electron chi connectivity index (χ2n) is 4.80. The van der Waals surface area contributed by atoms with Crippen LogP contribution >= 0.6 is 0 Å². The number of carbonyl (C=O) groups excluding carboxylic acids is 1. The Hall–Kier alpha value is -2.68. The third-order valence-electron chi connectivity index (χ3n) is 2.96. The van der Waals surface area contributed by atoms with Gasteiger partial charge in [-0.15, -0.1) is 0 Å². The largest absolute Gasteiger partial charge is 0.271 e. The lowest BCUT2D eigenvalue weighted by molar-refractivity contribution is 0.0955. The molecule has 106 valence electrons. The first kappa shape index (κ1) is 14.7. The van der Waals surface area contributed by atoms with Crippen LogP contribution in [-0.4, -0.2) is 11.6 Å². The topological polar surface area (TPSA) is 41.5 Å². The third kappa shape index (κ3) is 4.73. The molecule has 1 N–H and O–H groups in total. The van der Waals surface area contributed by atoms with E-state index in [2.05, 4.69) is 10.5 Å². The summed E-state index contributed by atoms with van der Waals surface area (Å²) in [6.45, 7) is 3.83. The second-order valence-corrected chi connectivity index (χ2v) is 4.80. The van der Waals surface area contributed by atoms with E-state index in [4.69, 9.17) is 0 Å². The van der Waals surface area contributed by atoms with E-state index in [1.54, 1.807) is 12.1 Å². The van der Waals surface area contributed by atoms with Gasteiger partial charge in [0.1, 0.15) is 0 Å². The lowest BCUT2D eigenvalue weighted by Gasteiger charge is -2.01. The molecule has 2 rings (SSSR count). The Kier molecular flexibility index (Phi) is 5.04. The zero-order valence-electron chi connectivity index (χ0n) is 12.2. The number of nitrogens with zero attached hydrogens (tertiary/aromatic N) is 1. The molecule has 21 heavy (non-hydrogen) atoms. The highest BCUT2D eigenvalue weighted by Gasteiger charge is 2.02. The fraction of sp³-hybridized carbons (Fsp3) is 0.111. The summed E-state index contributed by atoms with van der Waals surface area (Å²) in [5.41, 5.74) is 6.11. The molecule has 0 aliphatic carbocycles.